The van der Waals surface area contributed by atoms with Crippen LogP contribution in [-0.2, 0) is 9.53 Å². The molecular weight excluding hydrogens is 469 g/mol. The molecular formula is C22H22INO4. The van der Waals surface area contributed by atoms with Gasteiger partial charge in [-0.25, -0.2) is 9.79 Å². The predicted molar refractivity (Wildman–Crippen MR) is 118 cm³/mol. The molecule has 1 atom stereocenters. The lowest BCUT2D eigenvalue weighted by Crippen LogP contribution is -2.12. The van der Waals surface area contributed by atoms with Gasteiger partial charge in [-0.3, -0.25) is 0 Å². The highest BCUT2D eigenvalue weighted by Gasteiger charge is 2.24. The molecule has 0 radical (unpaired) electrons. The van der Waals surface area contributed by atoms with Crippen LogP contribution in [0.3, 0.4) is 0 Å². The second-order valence-electron chi connectivity index (χ2n) is 6.30. The molecule has 2 aromatic rings. The highest BCUT2D eigenvalue weighted by molar-refractivity contribution is 14.1. The summed E-state index contributed by atoms with van der Waals surface area (Å²) in [5.41, 5.74) is 1.82. The molecule has 0 saturated heterocycles. The van der Waals surface area contributed by atoms with Crippen molar-refractivity contribution in [3.05, 3.63) is 62.9 Å². The van der Waals surface area contributed by atoms with Gasteiger partial charge in [0.25, 0.3) is 0 Å². The predicted octanol–water partition coefficient (Wildman–Crippen LogP) is 5.21. The molecule has 0 fully saturated rings. The van der Waals surface area contributed by atoms with Crippen LogP contribution in [0.1, 0.15) is 38.3 Å². The molecule has 1 aliphatic heterocycles. The number of benzene rings is 2. The number of ether oxygens (including phenoxy) is 3. The molecule has 0 spiro atoms. The highest BCUT2D eigenvalue weighted by Crippen LogP contribution is 2.36. The molecule has 3 rings (SSSR count). The fourth-order valence-electron chi connectivity index (χ4n) is 2.60. The number of aliphatic imine (C=N–C) groups is 1. The standard InChI is InChI=1S/C22H22INO4/c1-4-14(3)27-20-17(23)11-15(13-19(20)26-5-2)12-18-22(25)28-21(24-18)16-9-7-6-8-10-16/h6-14H,4-5H2,1-3H3/b18-12-. The first kappa shape index (κ1) is 20.4. The van der Waals surface area contributed by atoms with Gasteiger partial charge in [0, 0.05) is 5.56 Å². The van der Waals surface area contributed by atoms with Gasteiger partial charge in [-0.05, 0) is 78.8 Å². The van der Waals surface area contributed by atoms with E-state index < -0.39 is 5.97 Å². The number of carbonyl (C=O) groups is 1. The van der Waals surface area contributed by atoms with Crippen LogP contribution in [0.5, 0.6) is 11.5 Å². The average molecular weight is 491 g/mol. The van der Waals surface area contributed by atoms with Crippen molar-refractivity contribution in [2.75, 3.05) is 6.61 Å². The Labute approximate surface area is 178 Å². The van der Waals surface area contributed by atoms with E-state index in [1.54, 1.807) is 6.08 Å². The maximum absolute atomic E-state index is 12.2. The number of hydrogen-bond donors (Lipinski definition) is 0. The first-order chi connectivity index (χ1) is 13.5. The van der Waals surface area contributed by atoms with Gasteiger partial charge < -0.3 is 14.2 Å². The van der Waals surface area contributed by atoms with Gasteiger partial charge in [0.15, 0.2) is 17.2 Å². The fraction of sp³-hybridized carbons (Fsp3) is 0.273. The Morgan fingerprint density at radius 1 is 1.21 bits per heavy atom. The van der Waals surface area contributed by atoms with Gasteiger partial charge in [0.05, 0.1) is 16.3 Å². The molecule has 0 aromatic heterocycles. The normalized spacial score (nSPS) is 15.9. The van der Waals surface area contributed by atoms with E-state index in [9.17, 15) is 4.79 Å². The summed E-state index contributed by atoms with van der Waals surface area (Å²) in [5, 5.41) is 0. The lowest BCUT2D eigenvalue weighted by molar-refractivity contribution is -0.129. The van der Waals surface area contributed by atoms with Crippen LogP contribution >= 0.6 is 22.6 Å². The second kappa shape index (κ2) is 9.23. The van der Waals surface area contributed by atoms with Crippen LogP contribution in [0.2, 0.25) is 0 Å². The number of cyclic esters (lactones) is 1. The van der Waals surface area contributed by atoms with Crippen molar-refractivity contribution in [3.63, 3.8) is 0 Å². The summed E-state index contributed by atoms with van der Waals surface area (Å²) in [7, 11) is 0. The molecule has 5 nitrogen and oxygen atoms in total. The van der Waals surface area contributed by atoms with Crippen molar-refractivity contribution in [1.82, 2.24) is 0 Å². The maximum Gasteiger partial charge on any atom is 0.363 e. The summed E-state index contributed by atoms with van der Waals surface area (Å²) in [4.78, 5) is 16.6. The molecule has 2 aromatic carbocycles. The highest BCUT2D eigenvalue weighted by atomic mass is 127. The zero-order valence-corrected chi connectivity index (χ0v) is 18.2. The number of carbonyl (C=O) groups excluding carboxylic acids is 1. The molecule has 28 heavy (non-hydrogen) atoms. The van der Waals surface area contributed by atoms with E-state index in [1.165, 1.54) is 0 Å². The Morgan fingerprint density at radius 3 is 2.64 bits per heavy atom. The number of nitrogens with zero attached hydrogens (tertiary/aromatic N) is 1. The maximum atomic E-state index is 12.2. The summed E-state index contributed by atoms with van der Waals surface area (Å²) in [6, 6.07) is 13.2. The second-order valence-corrected chi connectivity index (χ2v) is 7.46. The lowest BCUT2D eigenvalue weighted by atomic mass is 10.1. The summed E-state index contributed by atoms with van der Waals surface area (Å²) >= 11 is 2.22. The molecule has 1 heterocycles. The van der Waals surface area contributed by atoms with Crippen LogP contribution in [0.15, 0.2) is 53.2 Å². The van der Waals surface area contributed by atoms with Crippen LogP contribution < -0.4 is 9.47 Å². The van der Waals surface area contributed by atoms with Crippen LogP contribution in [0.4, 0.5) is 0 Å². The van der Waals surface area contributed by atoms with Gasteiger partial charge >= 0.3 is 5.97 Å². The molecule has 1 unspecified atom stereocenters. The number of hydrogen-bond acceptors (Lipinski definition) is 5. The SMILES string of the molecule is CCOc1cc(/C=C2\N=C(c3ccccc3)OC2=O)cc(I)c1OC(C)CC. The Morgan fingerprint density at radius 2 is 1.96 bits per heavy atom. The van der Waals surface area contributed by atoms with Gasteiger partial charge in [0.2, 0.25) is 5.90 Å². The van der Waals surface area contributed by atoms with E-state index >= 15 is 0 Å². The molecule has 0 saturated carbocycles. The Balaban J connectivity index is 1.95. The minimum atomic E-state index is -0.466. The monoisotopic (exact) mass is 491 g/mol. The first-order valence-corrected chi connectivity index (χ1v) is 10.3. The van der Waals surface area contributed by atoms with E-state index in [4.69, 9.17) is 14.2 Å². The van der Waals surface area contributed by atoms with E-state index in [2.05, 4.69) is 34.5 Å². The number of halogens is 1. The van der Waals surface area contributed by atoms with Gasteiger partial charge in [-0.1, -0.05) is 25.1 Å². The lowest BCUT2D eigenvalue weighted by Gasteiger charge is -2.18. The van der Waals surface area contributed by atoms with Crippen molar-refractivity contribution >= 4 is 40.5 Å². The molecule has 1 aliphatic rings. The topological polar surface area (TPSA) is 57.1 Å². The third-order valence-electron chi connectivity index (χ3n) is 4.17. The molecule has 0 N–H and O–H groups in total. The Bertz CT molecular complexity index is 922. The molecule has 0 bridgehead atoms. The molecule has 0 aliphatic carbocycles. The fourth-order valence-corrected chi connectivity index (χ4v) is 3.36. The van der Waals surface area contributed by atoms with Crippen LogP contribution in [-0.4, -0.2) is 24.6 Å². The summed E-state index contributed by atoms with van der Waals surface area (Å²) in [5.74, 6) is 1.22. The van der Waals surface area contributed by atoms with E-state index in [1.807, 2.05) is 56.3 Å². The summed E-state index contributed by atoms with van der Waals surface area (Å²) < 4.78 is 18.0. The van der Waals surface area contributed by atoms with Gasteiger partial charge in [-0.15, -0.1) is 0 Å². The third kappa shape index (κ3) is 4.73. The average Bonchev–Trinajstić information content (AvgIpc) is 3.05. The van der Waals surface area contributed by atoms with Crippen LogP contribution in [0.25, 0.3) is 6.08 Å². The Hall–Kier alpha value is -2.35. The van der Waals surface area contributed by atoms with Crippen LogP contribution in [0, 0.1) is 3.57 Å². The zero-order valence-electron chi connectivity index (χ0n) is 16.1. The van der Waals surface area contributed by atoms with Crippen molar-refractivity contribution in [2.45, 2.75) is 33.3 Å². The summed E-state index contributed by atoms with van der Waals surface area (Å²) in [6.45, 7) is 6.54. The smallest absolute Gasteiger partial charge is 0.363 e. The minimum Gasteiger partial charge on any atom is -0.490 e. The third-order valence-corrected chi connectivity index (χ3v) is 4.97. The van der Waals surface area contributed by atoms with Crippen molar-refractivity contribution in [2.24, 2.45) is 4.99 Å². The minimum absolute atomic E-state index is 0.0831. The quantitative estimate of drug-likeness (QED) is 0.303. The first-order valence-electron chi connectivity index (χ1n) is 9.22. The van der Waals surface area contributed by atoms with Crippen molar-refractivity contribution in [1.29, 1.82) is 0 Å². The van der Waals surface area contributed by atoms with E-state index in [-0.39, 0.29) is 11.8 Å². The molecule has 146 valence electrons. The van der Waals surface area contributed by atoms with E-state index in [0.717, 1.165) is 26.9 Å². The van der Waals surface area contributed by atoms with Crippen molar-refractivity contribution < 1.29 is 19.0 Å². The Kier molecular flexibility index (Phi) is 6.72. The van der Waals surface area contributed by atoms with E-state index in [0.29, 0.717) is 18.3 Å². The summed E-state index contributed by atoms with van der Waals surface area (Å²) in [6.07, 6.45) is 2.69. The van der Waals surface area contributed by atoms with Gasteiger partial charge in [-0.2, -0.15) is 0 Å². The zero-order chi connectivity index (χ0) is 20.1. The largest absolute Gasteiger partial charge is 0.490 e. The molecule has 6 heteroatoms. The van der Waals surface area contributed by atoms with Crippen molar-refractivity contribution in [3.8, 4) is 11.5 Å². The number of rotatable bonds is 7. The number of esters is 1. The van der Waals surface area contributed by atoms with Gasteiger partial charge in [0.1, 0.15) is 0 Å². The molecule has 0 amide bonds.